The Kier molecular flexibility index (Phi) is 7.17. The van der Waals surface area contributed by atoms with E-state index < -0.39 is 17.7 Å². The number of aryl methyl sites for hydroxylation is 1. The molecule has 1 N–H and O–H groups in total. The summed E-state index contributed by atoms with van der Waals surface area (Å²) in [6.07, 6.45) is 1.49. The molecule has 0 radical (unpaired) electrons. The highest BCUT2D eigenvalue weighted by Gasteiger charge is 2.25. The Morgan fingerprint density at radius 3 is 2.55 bits per heavy atom. The van der Waals surface area contributed by atoms with Gasteiger partial charge in [-0.3, -0.25) is 14.2 Å². The van der Waals surface area contributed by atoms with Crippen LogP contribution in [-0.4, -0.2) is 28.0 Å². The fraction of sp³-hybridized carbons (Fsp3) is 0.143. The Morgan fingerprint density at radius 2 is 1.84 bits per heavy atom. The molecule has 5 rings (SSSR count). The van der Waals surface area contributed by atoms with Crippen LogP contribution in [0.1, 0.15) is 38.1 Å². The first kappa shape index (κ1) is 25.5. The number of amides is 1. The van der Waals surface area contributed by atoms with Crippen molar-refractivity contribution in [3.05, 3.63) is 104 Å². The van der Waals surface area contributed by atoms with Gasteiger partial charge in [-0.2, -0.15) is 0 Å². The fourth-order valence-electron chi connectivity index (χ4n) is 4.13. The third-order valence-corrected chi connectivity index (χ3v) is 8.07. The zero-order valence-corrected chi connectivity index (χ0v) is 22.1. The van der Waals surface area contributed by atoms with Crippen LogP contribution >= 0.6 is 22.7 Å². The van der Waals surface area contributed by atoms with Crippen LogP contribution in [0.5, 0.6) is 0 Å². The van der Waals surface area contributed by atoms with Crippen molar-refractivity contribution in [2.75, 3.05) is 11.9 Å². The van der Waals surface area contributed by atoms with Crippen molar-refractivity contribution in [2.45, 2.75) is 20.4 Å². The number of nitrogens with zero attached hydrogens (tertiary/aromatic N) is 2. The average molecular weight is 548 g/mol. The van der Waals surface area contributed by atoms with Gasteiger partial charge < -0.3 is 10.1 Å². The molecule has 0 aliphatic rings. The molecule has 192 valence electrons. The lowest BCUT2D eigenvalue weighted by Gasteiger charge is -2.09. The largest absolute Gasteiger partial charge is 0.462 e. The van der Waals surface area contributed by atoms with Crippen molar-refractivity contribution in [2.24, 2.45) is 0 Å². The lowest BCUT2D eigenvalue weighted by Crippen LogP contribution is -2.21. The third-order valence-electron chi connectivity index (χ3n) is 5.97. The van der Waals surface area contributed by atoms with Crippen molar-refractivity contribution in [1.29, 1.82) is 0 Å². The van der Waals surface area contributed by atoms with Crippen LogP contribution in [0.3, 0.4) is 0 Å². The van der Waals surface area contributed by atoms with E-state index in [2.05, 4.69) is 10.3 Å². The minimum Gasteiger partial charge on any atom is -0.462 e. The molecule has 5 aromatic rings. The molecule has 0 aliphatic heterocycles. The number of hydrogen-bond acceptors (Lipinski definition) is 7. The summed E-state index contributed by atoms with van der Waals surface area (Å²) in [5, 5.41) is 5.24. The van der Waals surface area contributed by atoms with E-state index in [1.165, 1.54) is 34.4 Å². The zero-order valence-electron chi connectivity index (χ0n) is 20.5. The van der Waals surface area contributed by atoms with Gasteiger partial charge >= 0.3 is 5.97 Å². The van der Waals surface area contributed by atoms with Gasteiger partial charge in [-0.1, -0.05) is 42.5 Å². The second-order valence-electron chi connectivity index (χ2n) is 8.43. The molecule has 38 heavy (non-hydrogen) atoms. The monoisotopic (exact) mass is 547 g/mol. The van der Waals surface area contributed by atoms with E-state index in [9.17, 15) is 18.8 Å². The molecular weight excluding hydrogens is 525 g/mol. The Hall–Kier alpha value is -4.15. The molecule has 0 aliphatic carbocycles. The summed E-state index contributed by atoms with van der Waals surface area (Å²) >= 11 is 2.29. The number of benzene rings is 2. The summed E-state index contributed by atoms with van der Waals surface area (Å²) in [4.78, 5) is 44.7. The molecule has 1 amide bonds. The van der Waals surface area contributed by atoms with Gasteiger partial charge in [0.2, 0.25) is 0 Å². The molecule has 10 heteroatoms. The van der Waals surface area contributed by atoms with E-state index in [1.54, 1.807) is 31.4 Å². The van der Waals surface area contributed by atoms with Crippen LogP contribution in [0.4, 0.5) is 9.39 Å². The predicted octanol–water partition coefficient (Wildman–Crippen LogP) is 6.11. The van der Waals surface area contributed by atoms with Gasteiger partial charge in [0, 0.05) is 10.9 Å². The van der Waals surface area contributed by atoms with Crippen LogP contribution < -0.4 is 10.9 Å². The van der Waals surface area contributed by atoms with Gasteiger partial charge in [0.1, 0.15) is 21.2 Å². The zero-order chi connectivity index (χ0) is 26.8. The second-order valence-corrected chi connectivity index (χ2v) is 10.3. The van der Waals surface area contributed by atoms with Gasteiger partial charge in [0.05, 0.1) is 29.7 Å². The highest BCUT2D eigenvalue weighted by atomic mass is 32.1. The van der Waals surface area contributed by atoms with Crippen LogP contribution in [-0.2, 0) is 11.3 Å². The predicted molar refractivity (Wildman–Crippen MR) is 148 cm³/mol. The lowest BCUT2D eigenvalue weighted by molar-refractivity contribution is 0.0529. The number of anilines is 1. The highest BCUT2D eigenvalue weighted by molar-refractivity contribution is 7.21. The Balaban J connectivity index is 1.49. The minimum atomic E-state index is -0.595. The van der Waals surface area contributed by atoms with Crippen molar-refractivity contribution in [3.63, 3.8) is 0 Å². The lowest BCUT2D eigenvalue weighted by atomic mass is 10.0. The number of esters is 1. The minimum absolute atomic E-state index is 0.154. The standard InChI is InChI=1S/C28H22FN3O4S2/c1-3-36-28(35)22-20(18-9-11-19(29)12-10-18)14-37-26(22)31-24(33)23-16(2)21-25(38-23)30-15-32(27(21)34)13-17-7-5-4-6-8-17/h4-12,14-15H,3,13H2,1-2H3,(H,31,33). The van der Waals surface area contributed by atoms with Gasteiger partial charge in [-0.05, 0) is 42.7 Å². The molecule has 2 aromatic carbocycles. The molecular formula is C28H22FN3O4S2. The molecule has 3 aromatic heterocycles. The number of carbonyl (C=O) groups excluding carboxylic acids is 2. The van der Waals surface area contributed by atoms with Crippen LogP contribution in [0, 0.1) is 12.7 Å². The number of carbonyl (C=O) groups is 2. The summed E-state index contributed by atoms with van der Waals surface area (Å²) in [5.74, 6) is -1.45. The molecule has 7 nitrogen and oxygen atoms in total. The maximum Gasteiger partial charge on any atom is 0.341 e. The van der Waals surface area contributed by atoms with Gasteiger partial charge in [-0.15, -0.1) is 22.7 Å². The summed E-state index contributed by atoms with van der Waals surface area (Å²) < 4.78 is 20.2. The highest BCUT2D eigenvalue weighted by Crippen LogP contribution is 2.37. The number of rotatable bonds is 7. The number of halogens is 1. The second kappa shape index (κ2) is 10.7. The number of aromatic nitrogens is 2. The average Bonchev–Trinajstić information content (AvgIpc) is 3.48. The molecule has 0 spiro atoms. The van der Waals surface area contributed by atoms with E-state index in [4.69, 9.17) is 4.74 Å². The van der Waals surface area contributed by atoms with E-state index >= 15 is 0 Å². The van der Waals surface area contributed by atoms with E-state index in [1.807, 2.05) is 30.3 Å². The number of ether oxygens (including phenoxy) is 1. The maximum atomic E-state index is 13.5. The summed E-state index contributed by atoms with van der Waals surface area (Å²) in [6.45, 7) is 3.93. The molecule has 3 heterocycles. The van der Waals surface area contributed by atoms with Crippen molar-refractivity contribution < 1.29 is 18.7 Å². The van der Waals surface area contributed by atoms with Crippen LogP contribution in [0.2, 0.25) is 0 Å². The Morgan fingerprint density at radius 1 is 1.11 bits per heavy atom. The van der Waals surface area contributed by atoms with Crippen molar-refractivity contribution >= 4 is 49.8 Å². The number of thiophene rings is 2. The number of nitrogens with one attached hydrogen (secondary N) is 1. The molecule has 0 fully saturated rings. The first-order valence-corrected chi connectivity index (χ1v) is 13.4. The van der Waals surface area contributed by atoms with E-state index in [0.29, 0.717) is 43.3 Å². The maximum absolute atomic E-state index is 13.5. The summed E-state index contributed by atoms with van der Waals surface area (Å²) in [7, 11) is 0. The number of fused-ring (bicyclic) bond motifs is 1. The Bertz CT molecular complexity index is 1710. The number of hydrogen-bond donors (Lipinski definition) is 1. The van der Waals surface area contributed by atoms with E-state index in [-0.39, 0.29) is 17.7 Å². The summed E-state index contributed by atoms with van der Waals surface area (Å²) in [5.41, 5.74) is 2.60. The van der Waals surface area contributed by atoms with Crippen molar-refractivity contribution in [3.8, 4) is 11.1 Å². The molecule has 0 saturated heterocycles. The normalized spacial score (nSPS) is 11.0. The van der Waals surface area contributed by atoms with E-state index in [0.717, 1.165) is 16.9 Å². The quantitative estimate of drug-likeness (QED) is 0.248. The topological polar surface area (TPSA) is 90.3 Å². The van der Waals surface area contributed by atoms with Gasteiger partial charge in [-0.25, -0.2) is 14.2 Å². The smallest absolute Gasteiger partial charge is 0.341 e. The van der Waals surface area contributed by atoms with Crippen molar-refractivity contribution in [1.82, 2.24) is 9.55 Å². The summed E-state index contributed by atoms with van der Waals surface area (Å²) in [6, 6.07) is 15.3. The first-order chi connectivity index (χ1) is 18.4. The molecule has 0 unspecified atom stereocenters. The molecule has 0 saturated carbocycles. The SMILES string of the molecule is CCOC(=O)c1c(-c2ccc(F)cc2)csc1NC(=O)c1sc2ncn(Cc3ccccc3)c(=O)c2c1C. The first-order valence-electron chi connectivity index (χ1n) is 11.8. The molecule has 0 atom stereocenters. The molecule has 0 bridgehead atoms. The van der Waals surface area contributed by atoms with Crippen LogP contribution in [0.25, 0.3) is 21.3 Å². The fourth-order valence-corrected chi connectivity index (χ4v) is 6.11. The van der Waals surface area contributed by atoms with Gasteiger partial charge in [0.15, 0.2) is 0 Å². The van der Waals surface area contributed by atoms with Gasteiger partial charge in [0.25, 0.3) is 11.5 Å². The van der Waals surface area contributed by atoms with Crippen LogP contribution in [0.15, 0.2) is 71.1 Å². The Labute approximate surface area is 225 Å². The third kappa shape index (κ3) is 4.88.